The molecule has 2 aromatic carbocycles. The van der Waals surface area contributed by atoms with E-state index in [1.54, 1.807) is 18.2 Å². The van der Waals surface area contributed by atoms with E-state index in [0.29, 0.717) is 35.2 Å². The molecule has 1 aliphatic rings. The average molecular weight is 368 g/mol. The van der Waals surface area contributed by atoms with Crippen LogP contribution in [0.1, 0.15) is 19.3 Å². The van der Waals surface area contributed by atoms with Crippen LogP contribution >= 0.6 is 0 Å². The summed E-state index contributed by atoms with van der Waals surface area (Å²) in [4.78, 5) is 16.2. The van der Waals surface area contributed by atoms with E-state index in [0.717, 1.165) is 19.3 Å². The number of piperidine rings is 1. The second-order valence-electron chi connectivity index (χ2n) is 6.53. The third-order valence-electron chi connectivity index (χ3n) is 4.84. The molecular formula is C20H20N2O3S. The van der Waals surface area contributed by atoms with Crippen molar-refractivity contribution in [3.63, 3.8) is 0 Å². The summed E-state index contributed by atoms with van der Waals surface area (Å²) >= 11 is 0. The minimum absolute atomic E-state index is 0.149. The molecule has 0 radical (unpaired) electrons. The Labute approximate surface area is 152 Å². The fourth-order valence-corrected chi connectivity index (χ4v) is 5.27. The molecule has 0 spiro atoms. The monoisotopic (exact) mass is 368 g/mol. The number of fused-ring (bicyclic) bond motifs is 1. The predicted octanol–water partition coefficient (Wildman–Crippen LogP) is 3.37. The van der Waals surface area contributed by atoms with E-state index in [9.17, 15) is 13.2 Å². The average Bonchev–Trinajstić information content (AvgIpc) is 2.69. The van der Waals surface area contributed by atoms with Gasteiger partial charge in [-0.2, -0.15) is 4.31 Å². The van der Waals surface area contributed by atoms with Gasteiger partial charge in [0.15, 0.2) is 4.90 Å². The molecule has 0 atom stereocenters. The lowest BCUT2D eigenvalue weighted by Crippen LogP contribution is -2.38. The summed E-state index contributed by atoms with van der Waals surface area (Å²) in [6.45, 7) is 0.922. The molecule has 1 fully saturated rings. The molecule has 1 saturated heterocycles. The van der Waals surface area contributed by atoms with E-state index < -0.39 is 15.5 Å². The minimum Gasteiger partial charge on any atom is -0.353 e. The van der Waals surface area contributed by atoms with Crippen LogP contribution in [0.3, 0.4) is 0 Å². The van der Waals surface area contributed by atoms with E-state index in [1.165, 1.54) is 4.31 Å². The molecule has 26 heavy (non-hydrogen) atoms. The highest BCUT2D eigenvalue weighted by Gasteiger charge is 2.32. The van der Waals surface area contributed by atoms with Gasteiger partial charge in [0.05, 0.1) is 5.69 Å². The second kappa shape index (κ2) is 6.70. The molecule has 1 aromatic heterocycles. The summed E-state index contributed by atoms with van der Waals surface area (Å²) in [5.41, 5.74) is 1.24. The van der Waals surface area contributed by atoms with Crippen LogP contribution in [0.2, 0.25) is 0 Å². The van der Waals surface area contributed by atoms with Crippen molar-refractivity contribution in [1.29, 1.82) is 0 Å². The van der Waals surface area contributed by atoms with Gasteiger partial charge in [-0.1, -0.05) is 48.9 Å². The molecule has 3 aromatic rings. The van der Waals surface area contributed by atoms with Crippen LogP contribution in [0.5, 0.6) is 0 Å². The van der Waals surface area contributed by atoms with E-state index >= 15 is 0 Å². The lowest BCUT2D eigenvalue weighted by molar-refractivity contribution is 0.346. The van der Waals surface area contributed by atoms with Crippen molar-refractivity contribution >= 4 is 20.9 Å². The molecule has 4 rings (SSSR count). The number of benzene rings is 2. The third-order valence-corrected chi connectivity index (χ3v) is 6.79. The van der Waals surface area contributed by atoms with Crippen LogP contribution in [0, 0.1) is 0 Å². The lowest BCUT2D eigenvalue weighted by atomic mass is 10.1. The number of para-hydroxylation sites is 1. The van der Waals surface area contributed by atoms with Gasteiger partial charge in [0.1, 0.15) is 0 Å². The first-order valence-electron chi connectivity index (χ1n) is 8.79. The van der Waals surface area contributed by atoms with Gasteiger partial charge in [0.2, 0.25) is 15.5 Å². The quantitative estimate of drug-likeness (QED) is 0.770. The van der Waals surface area contributed by atoms with Crippen molar-refractivity contribution in [2.24, 2.45) is 0 Å². The summed E-state index contributed by atoms with van der Waals surface area (Å²) in [6.07, 6.45) is 2.67. The summed E-state index contributed by atoms with van der Waals surface area (Å²) in [5.74, 6) is 0. The predicted molar refractivity (Wildman–Crippen MR) is 103 cm³/mol. The highest BCUT2D eigenvalue weighted by atomic mass is 32.2. The number of rotatable bonds is 3. The fraction of sp³-hybridized carbons (Fsp3) is 0.250. The Morgan fingerprint density at radius 2 is 1.50 bits per heavy atom. The van der Waals surface area contributed by atoms with Crippen molar-refractivity contribution in [3.8, 4) is 11.3 Å². The second-order valence-corrected chi connectivity index (χ2v) is 8.41. The van der Waals surface area contributed by atoms with Crippen LogP contribution in [-0.4, -0.2) is 30.8 Å². The van der Waals surface area contributed by atoms with Crippen molar-refractivity contribution in [2.45, 2.75) is 24.2 Å². The minimum atomic E-state index is -3.87. The Bertz CT molecular complexity index is 1100. The zero-order chi connectivity index (χ0) is 18.1. The molecule has 0 aliphatic carbocycles. The van der Waals surface area contributed by atoms with Gasteiger partial charge in [-0.15, -0.1) is 0 Å². The first-order valence-corrected chi connectivity index (χ1v) is 10.2. The number of pyridine rings is 1. The van der Waals surface area contributed by atoms with E-state index in [-0.39, 0.29) is 4.90 Å². The number of aromatic amines is 1. The van der Waals surface area contributed by atoms with Crippen LogP contribution in [0.25, 0.3) is 22.2 Å². The highest BCUT2D eigenvalue weighted by Crippen LogP contribution is 2.28. The maximum atomic E-state index is 13.4. The summed E-state index contributed by atoms with van der Waals surface area (Å²) in [6, 6.07) is 16.2. The normalized spacial score (nSPS) is 16.0. The summed E-state index contributed by atoms with van der Waals surface area (Å²) < 4.78 is 28.2. The molecule has 134 valence electrons. The molecule has 0 amide bonds. The summed E-state index contributed by atoms with van der Waals surface area (Å²) in [5, 5.41) is 0.391. The molecule has 6 heteroatoms. The van der Waals surface area contributed by atoms with Gasteiger partial charge in [0, 0.05) is 24.0 Å². The van der Waals surface area contributed by atoms with Gasteiger partial charge >= 0.3 is 0 Å². The molecule has 2 heterocycles. The number of nitrogens with one attached hydrogen (secondary N) is 1. The van der Waals surface area contributed by atoms with Gasteiger partial charge in [0.25, 0.3) is 0 Å². The Balaban J connectivity index is 2.03. The zero-order valence-electron chi connectivity index (χ0n) is 14.3. The topological polar surface area (TPSA) is 70.2 Å². The van der Waals surface area contributed by atoms with Crippen LogP contribution in [0.4, 0.5) is 0 Å². The molecule has 0 bridgehead atoms. The van der Waals surface area contributed by atoms with Crippen molar-refractivity contribution in [3.05, 3.63) is 64.8 Å². The molecule has 0 unspecified atom stereocenters. The molecule has 1 aliphatic heterocycles. The first-order chi connectivity index (χ1) is 12.6. The number of hydrogen-bond donors (Lipinski definition) is 1. The molecule has 5 nitrogen and oxygen atoms in total. The first kappa shape index (κ1) is 17.0. The van der Waals surface area contributed by atoms with Crippen molar-refractivity contribution in [2.75, 3.05) is 13.1 Å². The number of hydrogen-bond acceptors (Lipinski definition) is 3. The third kappa shape index (κ3) is 2.85. The van der Waals surface area contributed by atoms with Gasteiger partial charge in [-0.25, -0.2) is 8.42 Å². The van der Waals surface area contributed by atoms with E-state index in [4.69, 9.17) is 0 Å². The zero-order valence-corrected chi connectivity index (χ0v) is 15.1. The van der Waals surface area contributed by atoms with Gasteiger partial charge in [-0.3, -0.25) is 4.79 Å². The Kier molecular flexibility index (Phi) is 4.38. The fourth-order valence-electron chi connectivity index (χ4n) is 3.51. The van der Waals surface area contributed by atoms with Crippen LogP contribution in [0.15, 0.2) is 64.3 Å². The van der Waals surface area contributed by atoms with Crippen molar-refractivity contribution < 1.29 is 8.42 Å². The maximum absolute atomic E-state index is 13.4. The molecule has 1 N–H and O–H groups in total. The summed E-state index contributed by atoms with van der Waals surface area (Å²) in [7, 11) is -3.87. The van der Waals surface area contributed by atoms with Crippen molar-refractivity contribution in [1.82, 2.24) is 9.29 Å². The number of H-pyrrole nitrogens is 1. The largest absolute Gasteiger partial charge is 0.353 e. The maximum Gasteiger partial charge on any atom is 0.249 e. The van der Waals surface area contributed by atoms with E-state index in [2.05, 4.69) is 4.98 Å². The molecule has 0 saturated carbocycles. The highest BCUT2D eigenvalue weighted by molar-refractivity contribution is 7.89. The molecular weight excluding hydrogens is 348 g/mol. The van der Waals surface area contributed by atoms with Gasteiger partial charge in [-0.05, 0) is 30.5 Å². The van der Waals surface area contributed by atoms with Crippen LogP contribution < -0.4 is 5.43 Å². The Morgan fingerprint density at radius 3 is 2.23 bits per heavy atom. The van der Waals surface area contributed by atoms with E-state index in [1.807, 2.05) is 36.4 Å². The van der Waals surface area contributed by atoms with Crippen LogP contribution in [-0.2, 0) is 10.0 Å². The smallest absolute Gasteiger partial charge is 0.249 e. The Morgan fingerprint density at radius 1 is 0.846 bits per heavy atom. The number of nitrogens with zero attached hydrogens (tertiary/aromatic N) is 1. The lowest BCUT2D eigenvalue weighted by Gasteiger charge is -2.26. The number of aromatic nitrogens is 1. The Hall–Kier alpha value is -2.44. The number of sulfonamides is 1. The SMILES string of the molecule is O=c1c(S(=O)(=O)N2CCCCC2)c(-c2ccccc2)[nH]c2ccccc12. The van der Waals surface area contributed by atoms with Gasteiger partial charge < -0.3 is 4.98 Å². The standard InChI is InChI=1S/C20H20N2O3S/c23-19-16-11-5-6-12-17(16)21-18(15-9-3-1-4-10-15)20(19)26(24,25)22-13-7-2-8-14-22/h1,3-6,9-12H,2,7-8,13-14H2,(H,21,23).